The molecule has 1 aromatic heterocycles. The standard InChI is InChI=1S/C16H10ClNO4/c17-10-1-3-11(4-2-10)22-12-5-6-13-9(7-12)8-18-14(15(13)19)16(20)21/h1-8,19H,(H,20,21). The zero-order valence-electron chi connectivity index (χ0n) is 11.2. The second-order valence-corrected chi connectivity index (χ2v) is 5.00. The van der Waals surface area contributed by atoms with E-state index in [2.05, 4.69) is 4.98 Å². The SMILES string of the molecule is O=C(O)c1ncc2cc(Oc3ccc(Cl)cc3)ccc2c1O. The lowest BCUT2D eigenvalue weighted by atomic mass is 10.1. The lowest BCUT2D eigenvalue weighted by molar-refractivity contribution is 0.0687. The van der Waals surface area contributed by atoms with Crippen molar-refractivity contribution in [2.24, 2.45) is 0 Å². The van der Waals surface area contributed by atoms with Gasteiger partial charge in [0.1, 0.15) is 11.5 Å². The molecule has 0 saturated carbocycles. The molecule has 5 nitrogen and oxygen atoms in total. The first kappa shape index (κ1) is 14.2. The highest BCUT2D eigenvalue weighted by atomic mass is 35.5. The minimum absolute atomic E-state index is 0.358. The molecule has 0 fully saturated rings. The molecule has 0 saturated heterocycles. The first-order chi connectivity index (χ1) is 10.5. The summed E-state index contributed by atoms with van der Waals surface area (Å²) in [4.78, 5) is 14.7. The Kier molecular flexibility index (Phi) is 3.56. The third kappa shape index (κ3) is 2.66. The number of hydrogen-bond acceptors (Lipinski definition) is 4. The van der Waals surface area contributed by atoms with Gasteiger partial charge in [-0.2, -0.15) is 0 Å². The van der Waals surface area contributed by atoms with Gasteiger partial charge in [0, 0.05) is 22.0 Å². The quantitative estimate of drug-likeness (QED) is 0.761. The van der Waals surface area contributed by atoms with Crippen LogP contribution in [0.5, 0.6) is 17.2 Å². The van der Waals surface area contributed by atoms with Crippen molar-refractivity contribution in [2.75, 3.05) is 0 Å². The lowest BCUT2D eigenvalue weighted by Gasteiger charge is -2.08. The average molecular weight is 316 g/mol. The predicted octanol–water partition coefficient (Wildman–Crippen LogP) is 4.08. The molecule has 3 rings (SSSR count). The number of aromatic nitrogens is 1. The molecule has 3 aromatic rings. The Labute approximate surface area is 130 Å². The fourth-order valence-electron chi connectivity index (χ4n) is 2.04. The highest BCUT2D eigenvalue weighted by Gasteiger charge is 2.14. The van der Waals surface area contributed by atoms with E-state index in [9.17, 15) is 9.90 Å². The van der Waals surface area contributed by atoms with Crippen LogP contribution in [0.2, 0.25) is 5.02 Å². The molecule has 0 radical (unpaired) electrons. The van der Waals surface area contributed by atoms with E-state index in [4.69, 9.17) is 21.4 Å². The van der Waals surface area contributed by atoms with E-state index in [0.29, 0.717) is 27.3 Å². The van der Waals surface area contributed by atoms with Crippen LogP contribution in [0.1, 0.15) is 10.5 Å². The van der Waals surface area contributed by atoms with E-state index in [-0.39, 0.29) is 11.4 Å². The topological polar surface area (TPSA) is 79.7 Å². The number of ether oxygens (including phenoxy) is 1. The summed E-state index contributed by atoms with van der Waals surface area (Å²) in [5.41, 5.74) is -0.376. The summed E-state index contributed by atoms with van der Waals surface area (Å²) in [6.45, 7) is 0. The fraction of sp³-hybridized carbons (Fsp3) is 0. The van der Waals surface area contributed by atoms with Crippen LogP contribution in [0.4, 0.5) is 0 Å². The van der Waals surface area contributed by atoms with Gasteiger partial charge in [0.2, 0.25) is 0 Å². The zero-order valence-corrected chi connectivity index (χ0v) is 11.9. The number of aromatic carboxylic acids is 1. The van der Waals surface area contributed by atoms with Gasteiger partial charge < -0.3 is 14.9 Å². The van der Waals surface area contributed by atoms with E-state index >= 15 is 0 Å². The molecular formula is C16H10ClNO4. The molecule has 0 spiro atoms. The first-order valence-corrected chi connectivity index (χ1v) is 6.71. The maximum Gasteiger partial charge on any atom is 0.358 e. The van der Waals surface area contributed by atoms with Gasteiger partial charge in [-0.05, 0) is 42.5 Å². The van der Waals surface area contributed by atoms with E-state index in [1.807, 2.05) is 0 Å². The number of fused-ring (bicyclic) bond motifs is 1. The molecule has 0 bridgehead atoms. The molecule has 0 atom stereocenters. The second kappa shape index (κ2) is 5.54. The predicted molar refractivity (Wildman–Crippen MR) is 81.9 cm³/mol. The Bertz CT molecular complexity index is 862. The third-order valence-electron chi connectivity index (χ3n) is 3.09. The number of halogens is 1. The summed E-state index contributed by atoms with van der Waals surface area (Å²) in [5, 5.41) is 20.5. The lowest BCUT2D eigenvalue weighted by Crippen LogP contribution is -2.00. The molecule has 0 aliphatic rings. The number of hydrogen-bond donors (Lipinski definition) is 2. The number of pyridine rings is 1. The molecule has 1 heterocycles. The highest BCUT2D eigenvalue weighted by molar-refractivity contribution is 6.30. The van der Waals surface area contributed by atoms with Gasteiger partial charge >= 0.3 is 5.97 Å². The number of aromatic hydroxyl groups is 1. The van der Waals surface area contributed by atoms with Crippen LogP contribution in [-0.2, 0) is 0 Å². The maximum absolute atomic E-state index is 10.9. The average Bonchev–Trinajstić information content (AvgIpc) is 2.49. The third-order valence-corrected chi connectivity index (χ3v) is 3.34. The van der Waals surface area contributed by atoms with Gasteiger partial charge in [-0.3, -0.25) is 0 Å². The Hall–Kier alpha value is -2.79. The van der Waals surface area contributed by atoms with Crippen LogP contribution >= 0.6 is 11.6 Å². The van der Waals surface area contributed by atoms with Crippen molar-refractivity contribution in [2.45, 2.75) is 0 Å². The van der Waals surface area contributed by atoms with Crippen LogP contribution in [0.25, 0.3) is 10.8 Å². The first-order valence-electron chi connectivity index (χ1n) is 6.33. The number of carbonyl (C=O) groups is 1. The van der Waals surface area contributed by atoms with E-state index < -0.39 is 5.97 Å². The molecule has 0 unspecified atom stereocenters. The van der Waals surface area contributed by atoms with Gasteiger partial charge in [-0.1, -0.05) is 11.6 Å². The normalized spacial score (nSPS) is 10.6. The minimum Gasteiger partial charge on any atom is -0.505 e. The van der Waals surface area contributed by atoms with Gasteiger partial charge in [0.05, 0.1) is 0 Å². The van der Waals surface area contributed by atoms with Crippen LogP contribution in [0.3, 0.4) is 0 Å². The smallest absolute Gasteiger partial charge is 0.358 e. The Morgan fingerprint density at radius 3 is 2.45 bits per heavy atom. The van der Waals surface area contributed by atoms with Crippen molar-refractivity contribution in [3.8, 4) is 17.2 Å². The van der Waals surface area contributed by atoms with E-state index in [1.54, 1.807) is 42.5 Å². The number of nitrogens with zero attached hydrogens (tertiary/aromatic N) is 1. The number of rotatable bonds is 3. The molecule has 2 N–H and O–H groups in total. The Morgan fingerprint density at radius 2 is 1.77 bits per heavy atom. The monoisotopic (exact) mass is 315 g/mol. The highest BCUT2D eigenvalue weighted by Crippen LogP contribution is 2.31. The van der Waals surface area contributed by atoms with E-state index in [1.165, 1.54) is 6.20 Å². The van der Waals surface area contributed by atoms with Crippen LogP contribution < -0.4 is 4.74 Å². The second-order valence-electron chi connectivity index (χ2n) is 4.57. The molecule has 110 valence electrons. The summed E-state index contributed by atoms with van der Waals surface area (Å²) in [6.07, 6.45) is 1.38. The molecule has 0 aliphatic carbocycles. The number of carboxylic acid groups (broad SMARTS) is 1. The number of carboxylic acids is 1. The van der Waals surface area contributed by atoms with Crippen molar-refractivity contribution in [1.29, 1.82) is 0 Å². The number of benzene rings is 2. The van der Waals surface area contributed by atoms with Crippen LogP contribution in [-0.4, -0.2) is 21.2 Å². The molecule has 22 heavy (non-hydrogen) atoms. The molecular weight excluding hydrogens is 306 g/mol. The van der Waals surface area contributed by atoms with Crippen molar-refractivity contribution < 1.29 is 19.7 Å². The summed E-state index contributed by atoms with van der Waals surface area (Å²) < 4.78 is 5.67. The van der Waals surface area contributed by atoms with Gasteiger partial charge in [0.15, 0.2) is 11.4 Å². The van der Waals surface area contributed by atoms with Crippen molar-refractivity contribution in [3.05, 3.63) is 59.4 Å². The maximum atomic E-state index is 10.9. The fourth-order valence-corrected chi connectivity index (χ4v) is 2.17. The Balaban J connectivity index is 1.98. The molecule has 2 aromatic carbocycles. The summed E-state index contributed by atoms with van der Waals surface area (Å²) in [5.74, 6) is -0.480. The Morgan fingerprint density at radius 1 is 1.09 bits per heavy atom. The summed E-state index contributed by atoms with van der Waals surface area (Å²) >= 11 is 5.81. The van der Waals surface area contributed by atoms with E-state index in [0.717, 1.165) is 0 Å². The van der Waals surface area contributed by atoms with Gasteiger partial charge in [-0.15, -0.1) is 0 Å². The van der Waals surface area contributed by atoms with Crippen LogP contribution in [0.15, 0.2) is 48.7 Å². The largest absolute Gasteiger partial charge is 0.505 e. The molecule has 0 aliphatic heterocycles. The van der Waals surface area contributed by atoms with Crippen LogP contribution in [0, 0.1) is 0 Å². The zero-order chi connectivity index (χ0) is 15.7. The van der Waals surface area contributed by atoms with Crippen molar-refractivity contribution in [1.82, 2.24) is 4.98 Å². The van der Waals surface area contributed by atoms with Crippen molar-refractivity contribution >= 4 is 28.3 Å². The van der Waals surface area contributed by atoms with Gasteiger partial charge in [0.25, 0.3) is 0 Å². The molecule has 0 amide bonds. The molecule has 6 heteroatoms. The van der Waals surface area contributed by atoms with Gasteiger partial charge in [-0.25, -0.2) is 9.78 Å². The van der Waals surface area contributed by atoms with Crippen molar-refractivity contribution in [3.63, 3.8) is 0 Å². The minimum atomic E-state index is -1.28. The summed E-state index contributed by atoms with van der Waals surface area (Å²) in [7, 11) is 0. The summed E-state index contributed by atoms with van der Waals surface area (Å²) in [6, 6.07) is 11.8.